The quantitative estimate of drug-likeness (QED) is 0.712. The van der Waals surface area contributed by atoms with Gasteiger partial charge in [0.05, 0.1) is 18.4 Å². The molecule has 0 bridgehead atoms. The van der Waals surface area contributed by atoms with E-state index < -0.39 is 0 Å². The summed E-state index contributed by atoms with van der Waals surface area (Å²) in [5.74, 6) is 1.43. The average molecular weight is 312 g/mol. The minimum absolute atomic E-state index is 0.432. The highest BCUT2D eigenvalue weighted by atomic mass is 15.4. The van der Waals surface area contributed by atoms with Gasteiger partial charge < -0.3 is 4.90 Å². The van der Waals surface area contributed by atoms with Gasteiger partial charge in [-0.15, -0.1) is 15.3 Å². The van der Waals surface area contributed by atoms with Crippen molar-refractivity contribution in [2.45, 2.75) is 32.2 Å². The molecule has 0 amide bonds. The van der Waals surface area contributed by atoms with Gasteiger partial charge in [0.1, 0.15) is 0 Å². The Morgan fingerprint density at radius 1 is 1.13 bits per heavy atom. The molecular weight excluding hydrogens is 292 g/mol. The van der Waals surface area contributed by atoms with Crippen LogP contribution in [0.4, 0.5) is 0 Å². The summed E-state index contributed by atoms with van der Waals surface area (Å²) in [5, 5.41) is 21.0. The van der Waals surface area contributed by atoms with Crippen LogP contribution in [0.5, 0.6) is 0 Å². The van der Waals surface area contributed by atoms with Crippen molar-refractivity contribution in [3.8, 4) is 0 Å². The third-order valence-corrected chi connectivity index (χ3v) is 4.49. The Bertz CT molecular complexity index is 770. The van der Waals surface area contributed by atoms with Crippen molar-refractivity contribution < 1.29 is 0 Å². The largest absolute Gasteiger partial charge is 0.301 e. The second kappa shape index (κ2) is 6.04. The molecule has 1 aliphatic heterocycles. The number of rotatable bonds is 4. The van der Waals surface area contributed by atoms with Crippen molar-refractivity contribution in [2.24, 2.45) is 0 Å². The lowest BCUT2D eigenvalue weighted by molar-refractivity contribution is 0.198. The van der Waals surface area contributed by atoms with E-state index in [0.29, 0.717) is 5.92 Å². The second-order valence-electron chi connectivity index (χ2n) is 6.08. The number of piperidine rings is 1. The van der Waals surface area contributed by atoms with Gasteiger partial charge in [-0.3, -0.25) is 4.68 Å². The fourth-order valence-electron chi connectivity index (χ4n) is 3.16. The minimum Gasteiger partial charge on any atom is -0.301 e. The van der Waals surface area contributed by atoms with E-state index in [9.17, 15) is 0 Å². The third-order valence-electron chi connectivity index (χ3n) is 4.49. The molecule has 1 fully saturated rings. The second-order valence-corrected chi connectivity index (χ2v) is 6.08. The van der Waals surface area contributed by atoms with Crippen LogP contribution < -0.4 is 0 Å². The number of aryl methyl sites for hydroxylation is 1. The minimum atomic E-state index is 0.432. The molecular formula is C15H20N8. The smallest absolute Gasteiger partial charge is 0.177 e. The summed E-state index contributed by atoms with van der Waals surface area (Å²) < 4.78 is 3.79. The Kier molecular flexibility index (Phi) is 3.74. The monoisotopic (exact) mass is 312 g/mol. The number of aromatic nitrogens is 7. The van der Waals surface area contributed by atoms with Gasteiger partial charge in [-0.1, -0.05) is 5.21 Å². The van der Waals surface area contributed by atoms with Crippen molar-refractivity contribution in [3.05, 3.63) is 36.0 Å². The molecule has 0 aliphatic carbocycles. The highest BCUT2D eigenvalue weighted by molar-refractivity contribution is 5.36. The summed E-state index contributed by atoms with van der Waals surface area (Å²) in [5.41, 5.74) is 1.82. The summed E-state index contributed by atoms with van der Waals surface area (Å²) in [4.78, 5) is 2.47. The first-order valence-electron chi connectivity index (χ1n) is 8.05. The highest BCUT2D eigenvalue weighted by Crippen LogP contribution is 2.26. The molecule has 0 aromatic carbocycles. The van der Waals surface area contributed by atoms with Crippen molar-refractivity contribution in [1.29, 1.82) is 0 Å². The summed E-state index contributed by atoms with van der Waals surface area (Å²) in [7, 11) is 0. The SMILES string of the molecule is Cc1ccc2nnc(C3CCN(CCn4ccnn4)CC3)n2n1. The van der Waals surface area contributed by atoms with E-state index in [1.54, 1.807) is 6.20 Å². The van der Waals surface area contributed by atoms with E-state index >= 15 is 0 Å². The van der Waals surface area contributed by atoms with Gasteiger partial charge in [-0.25, -0.2) is 0 Å². The van der Waals surface area contributed by atoms with Crippen LogP contribution in [0, 0.1) is 6.92 Å². The van der Waals surface area contributed by atoms with Gasteiger partial charge >= 0.3 is 0 Å². The van der Waals surface area contributed by atoms with Gasteiger partial charge in [-0.05, 0) is 45.0 Å². The molecule has 0 saturated carbocycles. The first-order valence-corrected chi connectivity index (χ1v) is 8.05. The van der Waals surface area contributed by atoms with Crippen LogP contribution in [0.15, 0.2) is 24.5 Å². The summed E-state index contributed by atoms with van der Waals surface area (Å²) in [6.45, 7) is 6.03. The van der Waals surface area contributed by atoms with Crippen molar-refractivity contribution >= 4 is 5.65 Å². The first kappa shape index (κ1) is 14.3. The number of nitrogens with zero attached hydrogens (tertiary/aromatic N) is 8. The lowest BCUT2D eigenvalue weighted by atomic mass is 9.96. The molecule has 4 rings (SSSR count). The molecule has 1 saturated heterocycles. The van der Waals surface area contributed by atoms with Crippen LogP contribution >= 0.6 is 0 Å². The van der Waals surface area contributed by atoms with Gasteiger partial charge in [0.25, 0.3) is 0 Å². The average Bonchev–Trinajstić information content (AvgIpc) is 3.22. The van der Waals surface area contributed by atoms with Crippen LogP contribution in [0.25, 0.3) is 5.65 Å². The molecule has 0 N–H and O–H groups in total. The predicted molar refractivity (Wildman–Crippen MR) is 84.0 cm³/mol. The van der Waals surface area contributed by atoms with Gasteiger partial charge in [0.2, 0.25) is 0 Å². The van der Waals surface area contributed by atoms with Crippen LogP contribution in [0.1, 0.15) is 30.3 Å². The number of likely N-dealkylation sites (tertiary alicyclic amines) is 1. The highest BCUT2D eigenvalue weighted by Gasteiger charge is 2.24. The lowest BCUT2D eigenvalue weighted by Crippen LogP contribution is -2.35. The molecule has 0 atom stereocenters. The predicted octanol–water partition coefficient (Wildman–Crippen LogP) is 0.904. The zero-order valence-corrected chi connectivity index (χ0v) is 13.2. The van der Waals surface area contributed by atoms with E-state index in [1.807, 2.05) is 34.5 Å². The zero-order valence-electron chi connectivity index (χ0n) is 13.2. The van der Waals surface area contributed by atoms with E-state index in [1.165, 1.54) is 0 Å². The molecule has 1 aliphatic rings. The Morgan fingerprint density at radius 2 is 2.00 bits per heavy atom. The molecule has 3 aromatic heterocycles. The summed E-state index contributed by atoms with van der Waals surface area (Å²) in [6.07, 6.45) is 5.81. The van der Waals surface area contributed by atoms with Crippen LogP contribution in [-0.4, -0.2) is 59.3 Å². The molecule has 120 valence electrons. The Balaban J connectivity index is 1.39. The normalized spacial score (nSPS) is 17.1. The topological polar surface area (TPSA) is 77.0 Å². The number of fused-ring (bicyclic) bond motifs is 1. The zero-order chi connectivity index (χ0) is 15.6. The molecule has 8 nitrogen and oxygen atoms in total. The fraction of sp³-hybridized carbons (Fsp3) is 0.533. The Labute approximate surface area is 134 Å². The van der Waals surface area contributed by atoms with Gasteiger partial charge in [0, 0.05) is 18.7 Å². The molecule has 0 unspecified atom stereocenters. The van der Waals surface area contributed by atoms with Crippen molar-refractivity contribution in [3.63, 3.8) is 0 Å². The molecule has 8 heteroatoms. The maximum absolute atomic E-state index is 4.56. The van der Waals surface area contributed by atoms with E-state index in [4.69, 9.17) is 0 Å². The first-order chi connectivity index (χ1) is 11.3. The maximum Gasteiger partial charge on any atom is 0.177 e. The molecule has 4 heterocycles. The van der Waals surface area contributed by atoms with Crippen LogP contribution in [-0.2, 0) is 6.54 Å². The Morgan fingerprint density at radius 3 is 2.78 bits per heavy atom. The van der Waals surface area contributed by atoms with Gasteiger partial charge in [-0.2, -0.15) is 9.61 Å². The maximum atomic E-state index is 4.56. The van der Waals surface area contributed by atoms with Crippen LogP contribution in [0.2, 0.25) is 0 Å². The summed E-state index contributed by atoms with van der Waals surface area (Å²) >= 11 is 0. The van der Waals surface area contributed by atoms with E-state index in [0.717, 1.165) is 56.2 Å². The summed E-state index contributed by atoms with van der Waals surface area (Å²) in [6, 6.07) is 3.95. The van der Waals surface area contributed by atoms with Crippen LogP contribution in [0.3, 0.4) is 0 Å². The molecule has 0 radical (unpaired) electrons. The van der Waals surface area contributed by atoms with Crippen molar-refractivity contribution in [1.82, 2.24) is 39.7 Å². The number of hydrogen-bond donors (Lipinski definition) is 0. The Hall–Kier alpha value is -2.35. The fourth-order valence-corrected chi connectivity index (χ4v) is 3.16. The molecule has 23 heavy (non-hydrogen) atoms. The van der Waals surface area contributed by atoms with E-state index in [2.05, 4.69) is 30.5 Å². The standard InChI is InChI=1S/C15H20N8/c1-12-2-3-14-17-18-15(23(14)19-12)13-4-7-21(8-5-13)10-11-22-9-6-16-20-22/h2-3,6,9,13H,4-5,7-8,10-11H2,1H3. The lowest BCUT2D eigenvalue weighted by Gasteiger charge is -2.30. The van der Waals surface area contributed by atoms with Gasteiger partial charge in [0.15, 0.2) is 11.5 Å². The molecule has 3 aromatic rings. The third kappa shape index (κ3) is 2.94. The number of hydrogen-bond acceptors (Lipinski definition) is 6. The molecule has 0 spiro atoms. The van der Waals surface area contributed by atoms with E-state index in [-0.39, 0.29) is 0 Å². The van der Waals surface area contributed by atoms with Crippen molar-refractivity contribution in [2.75, 3.05) is 19.6 Å².